The summed E-state index contributed by atoms with van der Waals surface area (Å²) in [7, 11) is 3.14. The van der Waals surface area contributed by atoms with Crippen LogP contribution in [-0.4, -0.2) is 26.7 Å². The van der Waals surface area contributed by atoms with Gasteiger partial charge in [0, 0.05) is 11.8 Å². The summed E-state index contributed by atoms with van der Waals surface area (Å²) < 4.78 is 10.3. The molecule has 3 N–H and O–H groups in total. The summed E-state index contributed by atoms with van der Waals surface area (Å²) in [5.74, 6) is 3.90. The van der Waals surface area contributed by atoms with Gasteiger partial charge in [0.1, 0.15) is 6.54 Å². The highest BCUT2D eigenvalue weighted by molar-refractivity contribution is 14.0. The largest absolute Gasteiger partial charge is 0.493 e. The van der Waals surface area contributed by atoms with E-state index >= 15 is 0 Å². The number of rotatable bonds is 4. The van der Waals surface area contributed by atoms with Crippen LogP contribution in [0, 0.1) is 12.3 Å². The van der Waals surface area contributed by atoms with Gasteiger partial charge in [-0.3, -0.25) is 0 Å². The van der Waals surface area contributed by atoms with Gasteiger partial charge in [-0.05, 0) is 12.1 Å². The molecule has 0 saturated heterocycles. The van der Waals surface area contributed by atoms with Crippen LogP contribution in [0.2, 0.25) is 0 Å². The van der Waals surface area contributed by atoms with Crippen LogP contribution in [0.4, 0.5) is 5.69 Å². The zero-order valence-electron chi connectivity index (χ0n) is 10.3. The molecule has 1 aromatic carbocycles. The minimum absolute atomic E-state index is 0. The van der Waals surface area contributed by atoms with Crippen molar-refractivity contribution in [3.63, 3.8) is 0 Å². The second-order valence-electron chi connectivity index (χ2n) is 3.10. The quantitative estimate of drug-likeness (QED) is 0.371. The first-order chi connectivity index (χ1) is 8.21. The second-order valence-corrected chi connectivity index (χ2v) is 3.10. The summed E-state index contributed by atoms with van der Waals surface area (Å²) in [6, 6.07) is 5.34. The van der Waals surface area contributed by atoms with E-state index in [1.807, 2.05) is 0 Å². The van der Waals surface area contributed by atoms with Gasteiger partial charge >= 0.3 is 0 Å². The molecule has 0 unspecified atom stereocenters. The minimum Gasteiger partial charge on any atom is -0.493 e. The van der Waals surface area contributed by atoms with Crippen LogP contribution in [0.5, 0.6) is 11.5 Å². The molecule has 0 aromatic heterocycles. The number of halogens is 1. The Hall–Kier alpha value is -1.62. The van der Waals surface area contributed by atoms with Crippen molar-refractivity contribution in [3.8, 4) is 23.8 Å². The van der Waals surface area contributed by atoms with E-state index in [1.165, 1.54) is 0 Å². The predicted molar refractivity (Wildman–Crippen MR) is 83.9 cm³/mol. The molecule has 1 aromatic rings. The average Bonchev–Trinajstić information content (AvgIpc) is 2.36. The number of aliphatic imine (C=N–C) groups is 1. The van der Waals surface area contributed by atoms with Gasteiger partial charge in [-0.2, -0.15) is 0 Å². The maximum Gasteiger partial charge on any atom is 0.194 e. The predicted octanol–water partition coefficient (Wildman–Crippen LogP) is 1.68. The number of hydrogen-bond donors (Lipinski definition) is 2. The van der Waals surface area contributed by atoms with E-state index in [4.69, 9.17) is 21.6 Å². The monoisotopic (exact) mass is 361 g/mol. The Morgan fingerprint density at radius 1 is 1.39 bits per heavy atom. The standard InChI is InChI=1S/C12H15N3O2.HI/c1-4-7-14-12(13)15-9-5-6-10(16-2)11(8-9)17-3;/h1,5-6,8H,7H2,2-3H3,(H3,13,14,15);1H. The molecule has 6 heteroatoms. The average molecular weight is 361 g/mol. The van der Waals surface area contributed by atoms with Gasteiger partial charge in [0.25, 0.3) is 0 Å². The number of hydrogen-bond acceptors (Lipinski definition) is 3. The van der Waals surface area contributed by atoms with Crippen molar-refractivity contribution < 1.29 is 9.47 Å². The van der Waals surface area contributed by atoms with Gasteiger partial charge < -0.3 is 20.5 Å². The van der Waals surface area contributed by atoms with E-state index in [2.05, 4.69) is 16.2 Å². The van der Waals surface area contributed by atoms with Crippen LogP contribution < -0.4 is 20.5 Å². The number of methoxy groups -OCH3 is 2. The smallest absolute Gasteiger partial charge is 0.194 e. The van der Waals surface area contributed by atoms with Crippen molar-refractivity contribution in [2.75, 3.05) is 26.1 Å². The zero-order valence-corrected chi connectivity index (χ0v) is 12.6. The molecule has 0 aliphatic heterocycles. The van der Waals surface area contributed by atoms with Gasteiger partial charge in [-0.15, -0.1) is 30.4 Å². The van der Waals surface area contributed by atoms with E-state index in [9.17, 15) is 0 Å². The van der Waals surface area contributed by atoms with Gasteiger partial charge in [-0.1, -0.05) is 5.92 Å². The van der Waals surface area contributed by atoms with Crippen molar-refractivity contribution in [2.45, 2.75) is 0 Å². The van der Waals surface area contributed by atoms with Crippen molar-refractivity contribution in [1.82, 2.24) is 0 Å². The van der Waals surface area contributed by atoms with Gasteiger partial charge in [0.15, 0.2) is 17.5 Å². The van der Waals surface area contributed by atoms with Crippen molar-refractivity contribution in [2.24, 2.45) is 10.7 Å². The Morgan fingerprint density at radius 3 is 2.61 bits per heavy atom. The van der Waals surface area contributed by atoms with Crippen LogP contribution in [0.3, 0.4) is 0 Å². The third-order valence-corrected chi connectivity index (χ3v) is 2.00. The van der Waals surface area contributed by atoms with E-state index < -0.39 is 0 Å². The van der Waals surface area contributed by atoms with Crippen LogP contribution in [0.25, 0.3) is 0 Å². The molecule has 0 bridgehead atoms. The lowest BCUT2D eigenvalue weighted by Crippen LogP contribution is -2.22. The summed E-state index contributed by atoms with van der Waals surface area (Å²) >= 11 is 0. The Bertz CT molecular complexity index is 455. The van der Waals surface area contributed by atoms with Crippen molar-refractivity contribution >= 4 is 35.6 Å². The molecule has 1 rings (SSSR count). The van der Waals surface area contributed by atoms with E-state index in [-0.39, 0.29) is 36.5 Å². The lowest BCUT2D eigenvalue weighted by atomic mass is 10.3. The van der Waals surface area contributed by atoms with E-state index in [0.29, 0.717) is 11.5 Å². The number of benzene rings is 1. The molecule has 0 aliphatic rings. The number of nitrogens with zero attached hydrogens (tertiary/aromatic N) is 1. The van der Waals surface area contributed by atoms with Crippen LogP contribution >= 0.6 is 24.0 Å². The fourth-order valence-corrected chi connectivity index (χ4v) is 1.23. The first-order valence-corrected chi connectivity index (χ1v) is 4.93. The molecule has 18 heavy (non-hydrogen) atoms. The Kier molecular flexibility index (Phi) is 7.71. The SMILES string of the molecule is C#CCN=C(N)Nc1ccc(OC)c(OC)c1.I. The van der Waals surface area contributed by atoms with Crippen LogP contribution in [0.1, 0.15) is 0 Å². The molecular weight excluding hydrogens is 345 g/mol. The molecule has 5 nitrogen and oxygen atoms in total. The summed E-state index contributed by atoms with van der Waals surface area (Å²) in [6.07, 6.45) is 5.08. The highest BCUT2D eigenvalue weighted by atomic mass is 127. The number of guanidine groups is 1. The third kappa shape index (κ3) is 4.71. The molecule has 0 saturated carbocycles. The van der Waals surface area contributed by atoms with Crippen molar-refractivity contribution in [1.29, 1.82) is 0 Å². The van der Waals surface area contributed by atoms with Gasteiger partial charge in [0.2, 0.25) is 0 Å². The number of nitrogens with two attached hydrogens (primary N) is 1. The van der Waals surface area contributed by atoms with Crippen molar-refractivity contribution in [3.05, 3.63) is 18.2 Å². The van der Waals surface area contributed by atoms with Crippen LogP contribution in [-0.2, 0) is 0 Å². The molecule has 0 spiro atoms. The third-order valence-electron chi connectivity index (χ3n) is 2.00. The molecule has 0 amide bonds. The number of ether oxygens (including phenoxy) is 2. The molecule has 0 fully saturated rings. The normalized spacial score (nSPS) is 9.94. The number of anilines is 1. The molecule has 0 heterocycles. The lowest BCUT2D eigenvalue weighted by molar-refractivity contribution is 0.355. The lowest BCUT2D eigenvalue weighted by Gasteiger charge is -2.10. The summed E-state index contributed by atoms with van der Waals surface area (Å²) in [4.78, 5) is 3.91. The highest BCUT2D eigenvalue weighted by Crippen LogP contribution is 2.29. The fourth-order valence-electron chi connectivity index (χ4n) is 1.23. The number of nitrogens with one attached hydrogen (secondary N) is 1. The Labute approximate surface area is 124 Å². The fraction of sp³-hybridized carbons (Fsp3) is 0.250. The molecule has 0 atom stereocenters. The molecule has 0 aliphatic carbocycles. The maximum atomic E-state index is 5.63. The zero-order chi connectivity index (χ0) is 12.7. The Balaban J connectivity index is 0.00000289. The maximum absolute atomic E-state index is 5.63. The second kappa shape index (κ2) is 8.47. The highest BCUT2D eigenvalue weighted by Gasteiger charge is 2.04. The Morgan fingerprint density at radius 2 is 2.06 bits per heavy atom. The first kappa shape index (κ1) is 16.4. The number of terminal acetylenes is 1. The van der Waals surface area contributed by atoms with Crippen LogP contribution in [0.15, 0.2) is 23.2 Å². The molecular formula is C12H16IN3O2. The first-order valence-electron chi connectivity index (χ1n) is 4.93. The minimum atomic E-state index is 0. The summed E-state index contributed by atoms with van der Waals surface area (Å²) in [6.45, 7) is 0.242. The van der Waals surface area contributed by atoms with Gasteiger partial charge in [0.05, 0.1) is 14.2 Å². The topological polar surface area (TPSA) is 68.9 Å². The molecule has 0 radical (unpaired) electrons. The van der Waals surface area contributed by atoms with Gasteiger partial charge in [-0.25, -0.2) is 4.99 Å². The van der Waals surface area contributed by atoms with E-state index in [0.717, 1.165) is 5.69 Å². The molecule has 98 valence electrons. The summed E-state index contributed by atoms with van der Waals surface area (Å²) in [5.41, 5.74) is 6.38. The summed E-state index contributed by atoms with van der Waals surface area (Å²) in [5, 5.41) is 2.90. The van der Waals surface area contributed by atoms with E-state index in [1.54, 1.807) is 32.4 Å².